The van der Waals surface area contributed by atoms with Crippen LogP contribution in [0.25, 0.3) is 0 Å². The van der Waals surface area contributed by atoms with Crippen LogP contribution in [0.15, 0.2) is 69.3 Å². The predicted molar refractivity (Wildman–Crippen MR) is 231 cm³/mol. The Morgan fingerprint density at radius 3 is 1.37 bits per heavy atom. The summed E-state index contributed by atoms with van der Waals surface area (Å²) in [5.41, 5.74) is 12.7. The topological polar surface area (TPSA) is 179 Å². The van der Waals surface area contributed by atoms with E-state index in [9.17, 15) is 14.4 Å². The van der Waals surface area contributed by atoms with Crippen LogP contribution in [-0.2, 0) is 47.9 Å². The molecule has 0 saturated heterocycles. The van der Waals surface area contributed by atoms with Crippen molar-refractivity contribution in [3.8, 4) is 12.1 Å². The van der Waals surface area contributed by atoms with Crippen molar-refractivity contribution >= 4 is 135 Å². The smallest absolute Gasteiger partial charge is 0.309 e. The minimum atomic E-state index is -0.298. The van der Waals surface area contributed by atoms with Gasteiger partial charge in [0.05, 0.1) is 83.5 Å². The Hall–Kier alpha value is -2.96. The largest absolute Gasteiger partial charge is 0.469 e. The van der Waals surface area contributed by atoms with Crippen LogP contribution < -0.4 is 11.5 Å². The minimum Gasteiger partial charge on any atom is -0.469 e. The number of esters is 3. The Morgan fingerprint density at radius 2 is 1.07 bits per heavy atom. The summed E-state index contributed by atoms with van der Waals surface area (Å²) in [7, 11) is 4.06. The molecule has 0 heterocycles. The summed E-state index contributed by atoms with van der Waals surface area (Å²) < 4.78 is 13.7. The van der Waals surface area contributed by atoms with Crippen LogP contribution >= 0.6 is 107 Å². The summed E-state index contributed by atoms with van der Waals surface area (Å²) in [6.07, 6.45) is 0.667. The highest BCUT2D eigenvalue weighted by molar-refractivity contribution is 8.01. The molecule has 0 aliphatic heterocycles. The van der Waals surface area contributed by atoms with Gasteiger partial charge in [0.2, 0.25) is 0 Å². The van der Waals surface area contributed by atoms with E-state index in [1.807, 2.05) is 30.3 Å². The molecule has 19 heteroatoms. The molecule has 0 bridgehead atoms. The van der Waals surface area contributed by atoms with Crippen LogP contribution in [0.3, 0.4) is 0 Å². The number of hydrogen-bond donors (Lipinski definition) is 3. The summed E-state index contributed by atoms with van der Waals surface area (Å²) >= 11 is 38.8. The highest BCUT2D eigenvalue weighted by Crippen LogP contribution is 2.29. The molecular weight excluding hydrogens is 875 g/mol. The highest BCUT2D eigenvalue weighted by atomic mass is 35.5. The number of thiol groups is 1. The van der Waals surface area contributed by atoms with Crippen molar-refractivity contribution in [2.75, 3.05) is 38.7 Å². The fourth-order valence-corrected chi connectivity index (χ4v) is 5.67. The van der Waals surface area contributed by atoms with E-state index in [1.54, 1.807) is 43.3 Å². The Bertz CT molecular complexity index is 1770. The number of hydrogen-bond acceptors (Lipinski definition) is 13. The molecule has 0 saturated carbocycles. The number of rotatable bonds is 11. The number of benzene rings is 3. The van der Waals surface area contributed by atoms with Gasteiger partial charge in [-0.25, -0.2) is 0 Å². The third-order valence-electron chi connectivity index (χ3n) is 5.45. The van der Waals surface area contributed by atoms with Crippen molar-refractivity contribution < 1.29 is 28.6 Å². The molecule has 3 rings (SSSR count). The summed E-state index contributed by atoms with van der Waals surface area (Å²) in [6.45, 7) is 1.68. The summed E-state index contributed by atoms with van der Waals surface area (Å²) in [5.74, 6) is 0.141. The van der Waals surface area contributed by atoms with E-state index >= 15 is 0 Å². The molecule has 0 aromatic heterocycles. The third kappa shape index (κ3) is 27.6. The molecular formula is C35H38Cl4N4O6S5. The van der Waals surface area contributed by atoms with Gasteiger partial charge in [-0.3, -0.25) is 14.4 Å². The van der Waals surface area contributed by atoms with E-state index in [0.29, 0.717) is 41.4 Å². The summed E-state index contributed by atoms with van der Waals surface area (Å²) in [4.78, 5) is 36.4. The molecule has 292 valence electrons. The van der Waals surface area contributed by atoms with Crippen LogP contribution in [0.1, 0.15) is 23.6 Å². The first kappa shape index (κ1) is 53.1. The summed E-state index contributed by atoms with van der Waals surface area (Å²) in [6, 6.07) is 19.8. The molecule has 3 aromatic carbocycles. The zero-order chi connectivity index (χ0) is 41.6. The average molecular weight is 913 g/mol. The number of halogens is 4. The van der Waals surface area contributed by atoms with Gasteiger partial charge in [0.25, 0.3) is 0 Å². The molecule has 0 unspecified atom stereocenters. The molecule has 10 nitrogen and oxygen atoms in total. The van der Waals surface area contributed by atoms with Gasteiger partial charge in [-0.2, -0.15) is 10.5 Å². The van der Waals surface area contributed by atoms with E-state index in [1.165, 1.54) is 44.9 Å². The maximum Gasteiger partial charge on any atom is 0.309 e. The first-order valence-corrected chi connectivity index (χ1v) is 19.7. The lowest BCUT2D eigenvalue weighted by Crippen LogP contribution is -2.10. The third-order valence-corrected chi connectivity index (χ3v) is 9.65. The highest BCUT2D eigenvalue weighted by Gasteiger charge is 2.08. The van der Waals surface area contributed by atoms with Crippen LogP contribution in [0.4, 0.5) is 0 Å². The number of carbonyl (C=O) groups excluding carboxylic acids is 3. The van der Waals surface area contributed by atoms with Gasteiger partial charge in [-0.05, 0) is 60.0 Å². The van der Waals surface area contributed by atoms with Crippen molar-refractivity contribution in [3.05, 3.63) is 86.4 Å². The number of nitriles is 2. The maximum absolute atomic E-state index is 11.1. The number of methoxy groups -OCH3 is 3. The zero-order valence-corrected chi connectivity index (χ0v) is 36.7. The predicted octanol–water partition coefficient (Wildman–Crippen LogP) is 8.49. The van der Waals surface area contributed by atoms with Gasteiger partial charge in [0.1, 0.15) is 5.88 Å². The minimum absolute atomic E-state index is 0.0972. The van der Waals surface area contributed by atoms with Gasteiger partial charge in [-0.1, -0.05) is 77.4 Å². The van der Waals surface area contributed by atoms with Crippen molar-refractivity contribution in [2.45, 2.75) is 40.9 Å². The molecule has 0 spiro atoms. The van der Waals surface area contributed by atoms with Gasteiger partial charge < -0.3 is 25.7 Å². The van der Waals surface area contributed by atoms with Gasteiger partial charge in [-0.15, -0.1) is 47.8 Å². The first-order valence-electron chi connectivity index (χ1n) is 14.8. The number of nitrogens with two attached hydrogens (primary N) is 2. The molecule has 0 fully saturated rings. The second-order valence-corrected chi connectivity index (χ2v) is 14.9. The SMILES string of the molecule is CC(N)=S.COC(=O)Cc1ccc(S)c(Cl)c1.COC(=O)Cc1ccc(SCC#N)c(Cl)c1.COC(=O)Cc1ccc(SCC(N)=S)c(Cl)c1.N#CCCl. The molecule has 0 aliphatic carbocycles. The Balaban J connectivity index is 0. The molecule has 0 atom stereocenters. The lowest BCUT2D eigenvalue weighted by atomic mass is 10.1. The maximum atomic E-state index is 11.1. The zero-order valence-electron chi connectivity index (χ0n) is 29.5. The number of carbonyl (C=O) groups is 3. The van der Waals surface area contributed by atoms with E-state index in [-0.39, 0.29) is 43.1 Å². The van der Waals surface area contributed by atoms with Gasteiger partial charge in [0.15, 0.2) is 0 Å². The van der Waals surface area contributed by atoms with Gasteiger partial charge >= 0.3 is 17.9 Å². The number of alkyl halides is 1. The molecule has 3 aromatic rings. The lowest BCUT2D eigenvalue weighted by Gasteiger charge is -2.06. The lowest BCUT2D eigenvalue weighted by molar-refractivity contribution is -0.140. The average Bonchev–Trinajstić information content (AvgIpc) is 3.12. The van der Waals surface area contributed by atoms with Crippen molar-refractivity contribution in [2.24, 2.45) is 11.5 Å². The van der Waals surface area contributed by atoms with E-state index in [4.69, 9.17) is 80.6 Å². The van der Waals surface area contributed by atoms with Crippen LogP contribution in [0.5, 0.6) is 0 Å². The number of nitrogens with zero attached hydrogens (tertiary/aromatic N) is 2. The first-order chi connectivity index (χ1) is 25.5. The number of thiocarbonyl (C=S) groups is 2. The fraction of sp³-hybridized carbons (Fsp3) is 0.286. The summed E-state index contributed by atoms with van der Waals surface area (Å²) in [5, 5.41) is 17.6. The van der Waals surface area contributed by atoms with Gasteiger partial charge in [0, 0.05) is 20.4 Å². The molecule has 0 radical (unpaired) electrons. The molecule has 54 heavy (non-hydrogen) atoms. The van der Waals surface area contributed by atoms with Crippen LogP contribution in [-0.4, -0.2) is 66.6 Å². The Morgan fingerprint density at radius 1 is 0.722 bits per heavy atom. The molecule has 4 N–H and O–H groups in total. The van der Waals surface area contributed by atoms with Crippen molar-refractivity contribution in [3.63, 3.8) is 0 Å². The number of ether oxygens (including phenoxy) is 3. The van der Waals surface area contributed by atoms with E-state index < -0.39 is 0 Å². The molecule has 0 aliphatic rings. The standard InChI is InChI=1S/C11H12ClNO2S2.C11H10ClNO2S.C9H9ClO2S.C2H2ClN.C2H5NS/c1-15-11(14)5-7-2-3-9(8(12)4-7)17-6-10(13)16;1-15-11(14)7-8-2-3-10(9(12)6-8)16-5-4-13;1-12-9(11)5-6-2-3-8(13)7(10)4-6;3-1-2-4;1-2(3)4/h2-4H,5-6H2,1H3,(H2,13,16);2-3,6H,5,7H2,1H3;2-4,13H,5H2,1H3;1H2;1H3,(H2,3,4). The Kier molecular flexibility index (Phi) is 31.8. The molecule has 0 amide bonds. The van der Waals surface area contributed by atoms with Crippen LogP contribution in [0.2, 0.25) is 15.1 Å². The van der Waals surface area contributed by atoms with E-state index in [0.717, 1.165) is 26.5 Å². The second-order valence-electron chi connectivity index (χ2n) is 9.68. The van der Waals surface area contributed by atoms with Crippen molar-refractivity contribution in [1.82, 2.24) is 0 Å². The number of thioether (sulfide) groups is 2. The quantitative estimate of drug-likeness (QED) is 0.0417. The Labute approximate surface area is 360 Å². The fourth-order valence-electron chi connectivity index (χ4n) is 3.18. The van der Waals surface area contributed by atoms with E-state index in [2.05, 4.69) is 39.1 Å². The van der Waals surface area contributed by atoms with Crippen LogP contribution in [0, 0.1) is 22.7 Å². The second kappa shape index (κ2) is 32.3. The normalized spacial score (nSPS) is 9.17. The monoisotopic (exact) mass is 910 g/mol. The van der Waals surface area contributed by atoms with Crippen molar-refractivity contribution in [1.29, 1.82) is 10.5 Å².